The van der Waals surface area contributed by atoms with Gasteiger partial charge in [-0.05, 0) is 18.1 Å². The van der Waals surface area contributed by atoms with E-state index in [1.54, 1.807) is 0 Å². The molecule has 0 aliphatic rings. The summed E-state index contributed by atoms with van der Waals surface area (Å²) >= 11 is 0. The van der Waals surface area contributed by atoms with Crippen molar-refractivity contribution in [2.75, 3.05) is 6.61 Å². The number of ether oxygens (including phenoxy) is 1. The third kappa shape index (κ3) is 3.23. The molecule has 0 unspecified atom stereocenters. The molecule has 4 nitrogen and oxygen atoms in total. The average Bonchev–Trinajstić information content (AvgIpc) is 3.00. The summed E-state index contributed by atoms with van der Waals surface area (Å²) in [6.07, 6.45) is 1.03. The van der Waals surface area contributed by atoms with Gasteiger partial charge in [-0.25, -0.2) is 0 Å². The molecule has 0 aliphatic carbocycles. The minimum absolute atomic E-state index is 0.198. The fraction of sp³-hybridized carbons (Fsp3) is 0.200. The van der Waals surface area contributed by atoms with E-state index in [9.17, 15) is 9.59 Å². The molecule has 0 amide bonds. The standard InChI is InChI=1S/C20H19NO3/c1-2-8-18(23)24-13-17(22)19-15-11-6-7-12-16(15)21-20(19)14-9-4-3-5-10-14/h3-7,9-12,21H,2,8,13H2,1H3. The van der Waals surface area contributed by atoms with Crippen LogP contribution in [-0.4, -0.2) is 23.3 Å². The van der Waals surface area contributed by atoms with Crippen molar-refractivity contribution in [3.8, 4) is 11.3 Å². The number of fused-ring (bicyclic) bond motifs is 1. The molecule has 3 rings (SSSR count). The lowest BCUT2D eigenvalue weighted by Crippen LogP contribution is -2.14. The van der Waals surface area contributed by atoms with Crippen LogP contribution in [-0.2, 0) is 9.53 Å². The van der Waals surface area contributed by atoms with Gasteiger partial charge in [0.15, 0.2) is 6.61 Å². The molecule has 4 heteroatoms. The summed E-state index contributed by atoms with van der Waals surface area (Å²) in [6.45, 7) is 1.66. The molecular weight excluding hydrogens is 302 g/mol. The number of carbonyl (C=O) groups is 2. The number of nitrogens with one attached hydrogen (secondary N) is 1. The van der Waals surface area contributed by atoms with Crippen LogP contribution >= 0.6 is 0 Å². The van der Waals surface area contributed by atoms with Gasteiger partial charge in [0.05, 0.1) is 11.3 Å². The maximum Gasteiger partial charge on any atom is 0.306 e. The predicted octanol–water partition coefficient (Wildman–Crippen LogP) is 4.36. The quantitative estimate of drug-likeness (QED) is 0.542. The number of benzene rings is 2. The van der Waals surface area contributed by atoms with Gasteiger partial charge in [0, 0.05) is 17.3 Å². The Kier molecular flexibility index (Phi) is 4.75. The minimum atomic E-state index is -0.341. The number of para-hydroxylation sites is 1. The first-order valence-corrected chi connectivity index (χ1v) is 8.05. The summed E-state index contributed by atoms with van der Waals surface area (Å²) in [5, 5.41) is 0.841. The fourth-order valence-corrected chi connectivity index (χ4v) is 2.75. The maximum absolute atomic E-state index is 12.7. The summed E-state index contributed by atoms with van der Waals surface area (Å²) in [4.78, 5) is 27.6. The second-order valence-electron chi connectivity index (χ2n) is 5.62. The molecule has 0 atom stereocenters. The van der Waals surface area contributed by atoms with Gasteiger partial charge in [-0.3, -0.25) is 9.59 Å². The van der Waals surface area contributed by atoms with Crippen LogP contribution in [0.2, 0.25) is 0 Å². The van der Waals surface area contributed by atoms with Crippen LogP contribution in [0, 0.1) is 0 Å². The van der Waals surface area contributed by atoms with Crippen LogP contribution < -0.4 is 0 Å². The van der Waals surface area contributed by atoms with E-state index in [2.05, 4.69) is 4.98 Å². The first-order valence-electron chi connectivity index (χ1n) is 8.05. The zero-order chi connectivity index (χ0) is 16.9. The summed E-state index contributed by atoms with van der Waals surface area (Å²) in [6, 6.07) is 17.3. The van der Waals surface area contributed by atoms with Crippen molar-refractivity contribution in [3.63, 3.8) is 0 Å². The van der Waals surface area contributed by atoms with Gasteiger partial charge in [0.2, 0.25) is 5.78 Å². The normalized spacial score (nSPS) is 10.7. The van der Waals surface area contributed by atoms with E-state index < -0.39 is 0 Å². The van der Waals surface area contributed by atoms with Crippen LogP contribution in [0.25, 0.3) is 22.2 Å². The number of H-pyrrole nitrogens is 1. The predicted molar refractivity (Wildman–Crippen MR) is 93.9 cm³/mol. The highest BCUT2D eigenvalue weighted by Gasteiger charge is 2.20. The van der Waals surface area contributed by atoms with Crippen molar-refractivity contribution in [2.45, 2.75) is 19.8 Å². The Balaban J connectivity index is 1.99. The molecule has 0 saturated carbocycles. The molecular formula is C20H19NO3. The molecule has 0 spiro atoms. The summed E-state index contributed by atoms with van der Waals surface area (Å²) in [7, 11) is 0. The molecule has 1 heterocycles. The average molecular weight is 321 g/mol. The molecule has 0 radical (unpaired) electrons. The van der Waals surface area contributed by atoms with Gasteiger partial charge in [-0.15, -0.1) is 0 Å². The van der Waals surface area contributed by atoms with Crippen LogP contribution in [0.5, 0.6) is 0 Å². The number of aromatic nitrogens is 1. The van der Waals surface area contributed by atoms with Gasteiger partial charge >= 0.3 is 5.97 Å². The summed E-state index contributed by atoms with van der Waals surface area (Å²) in [5.41, 5.74) is 3.14. The number of carbonyl (C=O) groups excluding carboxylic acids is 2. The molecule has 0 bridgehead atoms. The third-order valence-corrected chi connectivity index (χ3v) is 3.87. The molecule has 0 fully saturated rings. The molecule has 0 saturated heterocycles. The number of hydrogen-bond donors (Lipinski definition) is 1. The van der Waals surface area contributed by atoms with Gasteiger partial charge in [0.25, 0.3) is 0 Å². The smallest absolute Gasteiger partial charge is 0.306 e. The molecule has 1 aromatic heterocycles. The molecule has 1 N–H and O–H groups in total. The van der Waals surface area contributed by atoms with Crippen molar-refractivity contribution < 1.29 is 14.3 Å². The lowest BCUT2D eigenvalue weighted by molar-refractivity contribution is -0.142. The van der Waals surface area contributed by atoms with Crippen LogP contribution in [0.3, 0.4) is 0 Å². The van der Waals surface area contributed by atoms with Crippen molar-refractivity contribution in [2.24, 2.45) is 0 Å². The zero-order valence-corrected chi connectivity index (χ0v) is 13.5. The van der Waals surface area contributed by atoms with E-state index in [4.69, 9.17) is 4.74 Å². The van der Waals surface area contributed by atoms with E-state index in [0.717, 1.165) is 22.2 Å². The SMILES string of the molecule is CCCC(=O)OCC(=O)c1c(-c2ccccc2)[nH]c2ccccc12. The molecule has 2 aromatic carbocycles. The third-order valence-electron chi connectivity index (χ3n) is 3.87. The second-order valence-corrected chi connectivity index (χ2v) is 5.62. The lowest BCUT2D eigenvalue weighted by Gasteiger charge is -2.06. The van der Waals surface area contributed by atoms with E-state index >= 15 is 0 Å². The second kappa shape index (κ2) is 7.13. The Bertz CT molecular complexity index is 865. The Hall–Kier alpha value is -2.88. The highest BCUT2D eigenvalue weighted by molar-refractivity contribution is 6.14. The highest BCUT2D eigenvalue weighted by Crippen LogP contribution is 2.30. The molecule has 3 aromatic rings. The topological polar surface area (TPSA) is 59.2 Å². The first-order chi connectivity index (χ1) is 11.7. The Morgan fingerprint density at radius 2 is 1.71 bits per heavy atom. The fourth-order valence-electron chi connectivity index (χ4n) is 2.75. The largest absolute Gasteiger partial charge is 0.457 e. The van der Waals surface area contributed by atoms with E-state index in [0.29, 0.717) is 18.4 Å². The molecule has 122 valence electrons. The van der Waals surface area contributed by atoms with E-state index in [-0.39, 0.29) is 18.4 Å². The molecule has 0 aliphatic heterocycles. The van der Waals surface area contributed by atoms with Crippen LogP contribution in [0.15, 0.2) is 54.6 Å². The van der Waals surface area contributed by atoms with Crippen molar-refractivity contribution >= 4 is 22.7 Å². The number of Topliss-reactive ketones (excluding diaryl/α,β-unsaturated/α-hetero) is 1. The van der Waals surface area contributed by atoms with Gasteiger partial charge in [-0.1, -0.05) is 55.5 Å². The highest BCUT2D eigenvalue weighted by atomic mass is 16.5. The number of esters is 1. The van der Waals surface area contributed by atoms with Gasteiger partial charge < -0.3 is 9.72 Å². The van der Waals surface area contributed by atoms with Crippen LogP contribution in [0.4, 0.5) is 0 Å². The van der Waals surface area contributed by atoms with Gasteiger partial charge in [-0.2, -0.15) is 0 Å². The van der Waals surface area contributed by atoms with Crippen molar-refractivity contribution in [1.82, 2.24) is 4.98 Å². The monoisotopic (exact) mass is 321 g/mol. The summed E-state index contributed by atoms with van der Waals surface area (Å²) < 4.78 is 5.11. The zero-order valence-electron chi connectivity index (χ0n) is 13.5. The summed E-state index contributed by atoms with van der Waals surface area (Å²) in [5.74, 6) is -0.539. The maximum atomic E-state index is 12.7. The van der Waals surface area contributed by atoms with Crippen LogP contribution in [0.1, 0.15) is 30.1 Å². The number of ketones is 1. The van der Waals surface area contributed by atoms with Gasteiger partial charge in [0.1, 0.15) is 0 Å². The van der Waals surface area contributed by atoms with E-state index in [1.165, 1.54) is 0 Å². The lowest BCUT2D eigenvalue weighted by atomic mass is 10.0. The number of aromatic amines is 1. The number of rotatable bonds is 6. The number of hydrogen-bond acceptors (Lipinski definition) is 3. The van der Waals surface area contributed by atoms with Crippen molar-refractivity contribution in [1.29, 1.82) is 0 Å². The van der Waals surface area contributed by atoms with Crippen molar-refractivity contribution in [3.05, 3.63) is 60.2 Å². The minimum Gasteiger partial charge on any atom is -0.457 e. The first kappa shape index (κ1) is 16.0. The Morgan fingerprint density at radius 3 is 2.46 bits per heavy atom. The Labute approximate surface area is 140 Å². The molecule has 24 heavy (non-hydrogen) atoms. The Morgan fingerprint density at radius 1 is 1.00 bits per heavy atom. The van der Waals surface area contributed by atoms with E-state index in [1.807, 2.05) is 61.5 Å².